The van der Waals surface area contributed by atoms with Gasteiger partial charge in [0.05, 0.1) is 10.2 Å². The van der Waals surface area contributed by atoms with Crippen LogP contribution in [0.1, 0.15) is 26.4 Å². The van der Waals surface area contributed by atoms with Crippen LogP contribution in [0.5, 0.6) is 0 Å². The predicted molar refractivity (Wildman–Crippen MR) is 99.7 cm³/mol. The van der Waals surface area contributed by atoms with Crippen LogP contribution < -0.4 is 0 Å². The quantitative estimate of drug-likeness (QED) is 0.665. The van der Waals surface area contributed by atoms with Crippen molar-refractivity contribution in [3.8, 4) is 0 Å². The van der Waals surface area contributed by atoms with Gasteiger partial charge in [-0.1, -0.05) is 18.2 Å². The van der Waals surface area contributed by atoms with E-state index in [2.05, 4.69) is 22.5 Å². The van der Waals surface area contributed by atoms with E-state index >= 15 is 0 Å². The van der Waals surface area contributed by atoms with Crippen molar-refractivity contribution in [3.63, 3.8) is 0 Å². The van der Waals surface area contributed by atoms with Gasteiger partial charge in [0.2, 0.25) is 0 Å². The van der Waals surface area contributed by atoms with Gasteiger partial charge in [-0.15, -0.1) is 22.7 Å². The zero-order valence-electron chi connectivity index (χ0n) is 12.5. The lowest BCUT2D eigenvalue weighted by molar-refractivity contribution is 0.0766. The van der Waals surface area contributed by atoms with E-state index in [1.807, 2.05) is 52.3 Å². The molecular formula is C17H16N2OS3. The number of aromatic nitrogens is 1. The van der Waals surface area contributed by atoms with Gasteiger partial charge in [0, 0.05) is 29.0 Å². The van der Waals surface area contributed by atoms with Crippen molar-refractivity contribution in [2.75, 3.05) is 18.8 Å². The van der Waals surface area contributed by atoms with Crippen LogP contribution in [0.15, 0.2) is 41.8 Å². The van der Waals surface area contributed by atoms with E-state index in [1.54, 1.807) is 0 Å². The second kappa shape index (κ2) is 6.63. The Morgan fingerprint density at radius 3 is 2.91 bits per heavy atom. The Morgan fingerprint density at radius 2 is 2.09 bits per heavy atom. The maximum Gasteiger partial charge on any atom is 0.282 e. The smallest absolute Gasteiger partial charge is 0.282 e. The molecule has 1 aromatic carbocycles. The summed E-state index contributed by atoms with van der Waals surface area (Å²) in [6.07, 6.45) is 1.02. The summed E-state index contributed by atoms with van der Waals surface area (Å²) >= 11 is 5.27. The Bertz CT molecular complexity index is 779. The minimum absolute atomic E-state index is 0.0821. The Kier molecular flexibility index (Phi) is 4.37. The second-order valence-corrected chi connectivity index (χ2v) is 8.76. The van der Waals surface area contributed by atoms with Gasteiger partial charge in [-0.3, -0.25) is 4.79 Å². The van der Waals surface area contributed by atoms with Crippen molar-refractivity contribution in [1.29, 1.82) is 0 Å². The number of carbonyl (C=O) groups excluding carboxylic acids is 1. The molecule has 1 amide bonds. The van der Waals surface area contributed by atoms with Crippen molar-refractivity contribution in [2.45, 2.75) is 11.7 Å². The number of hydrogen-bond donors (Lipinski definition) is 0. The molecule has 0 spiro atoms. The summed E-state index contributed by atoms with van der Waals surface area (Å²) in [5, 5.41) is 3.26. The third-order valence-corrected chi connectivity index (χ3v) is 7.44. The largest absolute Gasteiger partial charge is 0.336 e. The van der Waals surface area contributed by atoms with Crippen molar-refractivity contribution in [1.82, 2.24) is 9.88 Å². The minimum atomic E-state index is 0.0821. The zero-order chi connectivity index (χ0) is 15.6. The van der Waals surface area contributed by atoms with Crippen LogP contribution in [0, 0.1) is 0 Å². The first kappa shape index (κ1) is 15.2. The fourth-order valence-electron chi connectivity index (χ4n) is 2.77. The Morgan fingerprint density at radius 1 is 1.17 bits per heavy atom. The summed E-state index contributed by atoms with van der Waals surface area (Å²) in [7, 11) is 0. The number of fused-ring (bicyclic) bond motifs is 1. The van der Waals surface area contributed by atoms with E-state index in [0.29, 0.717) is 10.3 Å². The average molecular weight is 361 g/mol. The SMILES string of the molecule is O=C(c1nc2ccccc2s1)N1CCS[C@H](c2cccs2)CC1. The Hall–Kier alpha value is -1.37. The third kappa shape index (κ3) is 3.16. The van der Waals surface area contributed by atoms with Crippen LogP contribution in [0.3, 0.4) is 0 Å². The van der Waals surface area contributed by atoms with Crippen molar-refractivity contribution in [3.05, 3.63) is 51.7 Å². The van der Waals surface area contributed by atoms with E-state index < -0.39 is 0 Å². The highest BCUT2D eigenvalue weighted by Crippen LogP contribution is 2.37. The van der Waals surface area contributed by atoms with Crippen LogP contribution in [0.2, 0.25) is 0 Å². The molecule has 0 N–H and O–H groups in total. The first-order valence-electron chi connectivity index (χ1n) is 7.61. The molecule has 3 heterocycles. The molecule has 0 saturated carbocycles. The van der Waals surface area contributed by atoms with Gasteiger partial charge in [0.1, 0.15) is 0 Å². The zero-order valence-corrected chi connectivity index (χ0v) is 14.9. The van der Waals surface area contributed by atoms with Gasteiger partial charge in [-0.05, 0) is 30.0 Å². The van der Waals surface area contributed by atoms with Gasteiger partial charge in [-0.2, -0.15) is 11.8 Å². The molecule has 0 radical (unpaired) electrons. The number of amides is 1. The molecule has 6 heteroatoms. The van der Waals surface area contributed by atoms with E-state index in [4.69, 9.17) is 0 Å². The topological polar surface area (TPSA) is 33.2 Å². The van der Waals surface area contributed by atoms with Crippen molar-refractivity contribution >= 4 is 50.6 Å². The third-order valence-electron chi connectivity index (χ3n) is 3.97. The number of rotatable bonds is 2. The number of benzene rings is 1. The van der Waals surface area contributed by atoms with Gasteiger partial charge in [0.25, 0.3) is 5.91 Å². The normalized spacial score (nSPS) is 19.0. The predicted octanol–water partition coefficient (Wildman–Crippen LogP) is 4.68. The number of thiazole rings is 1. The highest BCUT2D eigenvalue weighted by molar-refractivity contribution is 7.99. The van der Waals surface area contributed by atoms with Gasteiger partial charge < -0.3 is 4.90 Å². The first-order valence-corrected chi connectivity index (χ1v) is 10.4. The summed E-state index contributed by atoms with van der Waals surface area (Å²) in [4.78, 5) is 20.7. The molecule has 1 aliphatic heterocycles. The van der Waals surface area contributed by atoms with Crippen LogP contribution in [0.25, 0.3) is 10.2 Å². The molecule has 3 aromatic rings. The van der Waals surface area contributed by atoms with E-state index in [9.17, 15) is 4.79 Å². The molecule has 1 aliphatic rings. The van der Waals surface area contributed by atoms with E-state index in [-0.39, 0.29) is 5.91 Å². The molecule has 4 rings (SSSR count). The lowest BCUT2D eigenvalue weighted by Crippen LogP contribution is -2.32. The fraction of sp³-hybridized carbons (Fsp3) is 0.294. The average Bonchev–Trinajstić information content (AvgIpc) is 3.19. The summed E-state index contributed by atoms with van der Waals surface area (Å²) in [6.45, 7) is 1.62. The first-order chi connectivity index (χ1) is 11.3. The lowest BCUT2D eigenvalue weighted by atomic mass is 10.2. The molecular weight excluding hydrogens is 344 g/mol. The Labute approximate surface area is 147 Å². The molecule has 118 valence electrons. The Balaban J connectivity index is 1.50. The van der Waals surface area contributed by atoms with Gasteiger partial charge in [0.15, 0.2) is 5.01 Å². The summed E-state index contributed by atoms with van der Waals surface area (Å²) in [5.41, 5.74) is 0.918. The van der Waals surface area contributed by atoms with E-state index in [0.717, 1.165) is 35.5 Å². The molecule has 1 fully saturated rings. The number of hydrogen-bond acceptors (Lipinski definition) is 5. The number of carbonyl (C=O) groups is 1. The standard InChI is InChI=1S/C17H16N2OS3/c20-17(16-18-12-4-1-2-5-13(12)23-16)19-8-7-15(22-11-9-19)14-6-3-10-21-14/h1-6,10,15H,7-9,11H2/t15-/m0/s1. The monoisotopic (exact) mass is 360 g/mol. The minimum Gasteiger partial charge on any atom is -0.336 e. The van der Waals surface area contributed by atoms with E-state index in [1.165, 1.54) is 16.2 Å². The summed E-state index contributed by atoms with van der Waals surface area (Å²) in [6, 6.07) is 12.2. The van der Waals surface area contributed by atoms with Crippen LogP contribution in [0.4, 0.5) is 0 Å². The highest BCUT2D eigenvalue weighted by Gasteiger charge is 2.25. The second-order valence-electron chi connectivity index (χ2n) is 5.44. The molecule has 0 aliphatic carbocycles. The number of nitrogens with zero attached hydrogens (tertiary/aromatic N) is 2. The van der Waals surface area contributed by atoms with Gasteiger partial charge in [-0.25, -0.2) is 4.98 Å². The molecule has 0 bridgehead atoms. The van der Waals surface area contributed by atoms with Gasteiger partial charge >= 0.3 is 0 Å². The molecule has 2 aromatic heterocycles. The maximum absolute atomic E-state index is 12.8. The summed E-state index contributed by atoms with van der Waals surface area (Å²) in [5.74, 6) is 1.07. The maximum atomic E-state index is 12.8. The van der Waals surface area contributed by atoms with Crippen molar-refractivity contribution < 1.29 is 4.79 Å². The van der Waals surface area contributed by atoms with Crippen LogP contribution >= 0.6 is 34.4 Å². The highest BCUT2D eigenvalue weighted by atomic mass is 32.2. The molecule has 3 nitrogen and oxygen atoms in total. The number of thiophene rings is 1. The molecule has 23 heavy (non-hydrogen) atoms. The summed E-state index contributed by atoms with van der Waals surface area (Å²) < 4.78 is 1.08. The fourth-order valence-corrected chi connectivity index (χ4v) is 5.94. The molecule has 1 atom stereocenters. The van der Waals surface area contributed by atoms with Crippen LogP contribution in [-0.2, 0) is 0 Å². The molecule has 0 unspecified atom stereocenters. The lowest BCUT2D eigenvalue weighted by Gasteiger charge is -2.18. The molecule has 1 saturated heterocycles. The van der Waals surface area contributed by atoms with Crippen molar-refractivity contribution in [2.24, 2.45) is 0 Å². The van der Waals surface area contributed by atoms with Crippen LogP contribution in [-0.4, -0.2) is 34.6 Å². The number of thioether (sulfide) groups is 1. The number of para-hydroxylation sites is 1.